The van der Waals surface area contributed by atoms with Crippen molar-refractivity contribution in [1.29, 1.82) is 0 Å². The van der Waals surface area contributed by atoms with Crippen LogP contribution in [0.5, 0.6) is 0 Å². The van der Waals surface area contributed by atoms with E-state index in [-0.39, 0.29) is 15.5 Å². The van der Waals surface area contributed by atoms with Gasteiger partial charge in [0.1, 0.15) is 10.7 Å². The van der Waals surface area contributed by atoms with Crippen molar-refractivity contribution < 1.29 is 17.6 Å². The summed E-state index contributed by atoms with van der Waals surface area (Å²) in [6, 6.07) is 9.10. The summed E-state index contributed by atoms with van der Waals surface area (Å²) >= 11 is 5.85. The van der Waals surface area contributed by atoms with Gasteiger partial charge in [-0.2, -0.15) is 0 Å². The second-order valence-electron chi connectivity index (χ2n) is 4.31. The first-order valence-electron chi connectivity index (χ1n) is 6.13. The molecule has 0 aromatic heterocycles. The Kier molecular flexibility index (Phi) is 4.80. The van der Waals surface area contributed by atoms with Gasteiger partial charge < -0.3 is 5.32 Å². The topological polar surface area (TPSA) is 75.3 Å². The van der Waals surface area contributed by atoms with Gasteiger partial charge in [-0.15, -0.1) is 0 Å². The van der Waals surface area contributed by atoms with Gasteiger partial charge in [-0.1, -0.05) is 11.6 Å². The fourth-order valence-electron chi connectivity index (χ4n) is 1.70. The Labute approximate surface area is 132 Å². The number of hydrogen-bond donors (Lipinski definition) is 2. The Morgan fingerprint density at radius 3 is 2.36 bits per heavy atom. The molecule has 22 heavy (non-hydrogen) atoms. The Morgan fingerprint density at radius 2 is 1.77 bits per heavy atom. The maximum Gasteiger partial charge on any atom is 0.255 e. The number of sulfonamides is 1. The van der Waals surface area contributed by atoms with E-state index >= 15 is 0 Å². The first-order chi connectivity index (χ1) is 10.3. The molecule has 0 heterocycles. The number of anilines is 1. The largest absolute Gasteiger partial charge is 0.322 e. The third-order valence-corrected chi connectivity index (χ3v) is 4.75. The highest BCUT2D eigenvalue weighted by atomic mass is 35.5. The molecule has 1 amide bonds. The lowest BCUT2D eigenvalue weighted by molar-refractivity contribution is 0.102. The molecule has 0 radical (unpaired) electrons. The zero-order chi connectivity index (χ0) is 16.3. The molecule has 8 heteroatoms. The smallest absolute Gasteiger partial charge is 0.255 e. The zero-order valence-electron chi connectivity index (χ0n) is 11.4. The number of carbonyl (C=O) groups is 1. The average molecular weight is 343 g/mol. The first-order valence-corrected chi connectivity index (χ1v) is 7.99. The highest BCUT2D eigenvalue weighted by Gasteiger charge is 2.18. The van der Waals surface area contributed by atoms with Crippen LogP contribution < -0.4 is 10.0 Å². The van der Waals surface area contributed by atoms with Crippen molar-refractivity contribution >= 4 is 33.2 Å². The van der Waals surface area contributed by atoms with E-state index in [4.69, 9.17) is 11.6 Å². The van der Waals surface area contributed by atoms with Crippen molar-refractivity contribution in [2.24, 2.45) is 0 Å². The van der Waals surface area contributed by atoms with Crippen LogP contribution in [0.15, 0.2) is 47.4 Å². The molecule has 5 nitrogen and oxygen atoms in total. The van der Waals surface area contributed by atoms with Gasteiger partial charge in [0, 0.05) is 11.3 Å². The van der Waals surface area contributed by atoms with Crippen LogP contribution in [0.1, 0.15) is 10.4 Å². The fraction of sp³-hybridized carbons (Fsp3) is 0.0714. The van der Waals surface area contributed by atoms with Crippen molar-refractivity contribution in [3.05, 3.63) is 58.9 Å². The minimum absolute atomic E-state index is 0.00711. The number of amides is 1. The SMILES string of the molecule is CNS(=O)(=O)c1cc(C(=O)Nc2ccc(F)cc2)ccc1Cl. The number of carbonyl (C=O) groups excluding carboxylic acids is 1. The first kappa shape index (κ1) is 16.4. The highest BCUT2D eigenvalue weighted by Crippen LogP contribution is 2.23. The predicted octanol–water partition coefficient (Wildman–Crippen LogP) is 2.64. The predicted molar refractivity (Wildman–Crippen MR) is 82.1 cm³/mol. The summed E-state index contributed by atoms with van der Waals surface area (Å²) in [6.07, 6.45) is 0. The molecule has 0 saturated carbocycles. The van der Waals surface area contributed by atoms with Gasteiger partial charge in [0.25, 0.3) is 5.91 Å². The quantitative estimate of drug-likeness (QED) is 0.897. The van der Waals surface area contributed by atoms with Crippen molar-refractivity contribution in [3.8, 4) is 0 Å². The van der Waals surface area contributed by atoms with E-state index < -0.39 is 21.7 Å². The van der Waals surface area contributed by atoms with E-state index in [2.05, 4.69) is 10.0 Å². The molecule has 116 valence electrons. The molecule has 0 atom stereocenters. The van der Waals surface area contributed by atoms with Crippen LogP contribution in [-0.2, 0) is 10.0 Å². The summed E-state index contributed by atoms with van der Waals surface area (Å²) in [4.78, 5) is 11.9. The van der Waals surface area contributed by atoms with E-state index in [0.29, 0.717) is 5.69 Å². The van der Waals surface area contributed by atoms with Crippen molar-refractivity contribution in [3.63, 3.8) is 0 Å². The van der Waals surface area contributed by atoms with Gasteiger partial charge in [-0.3, -0.25) is 4.79 Å². The van der Waals surface area contributed by atoms with Crippen LogP contribution in [-0.4, -0.2) is 21.4 Å². The van der Waals surface area contributed by atoms with Crippen molar-refractivity contribution in [2.45, 2.75) is 4.90 Å². The Morgan fingerprint density at radius 1 is 1.14 bits per heavy atom. The molecule has 0 bridgehead atoms. The standard InChI is InChI=1S/C14H12ClFN2O3S/c1-17-22(20,21)13-8-9(2-7-12(13)15)14(19)18-11-5-3-10(16)4-6-11/h2-8,17H,1H3,(H,18,19). The Balaban J connectivity index is 2.31. The molecule has 0 aliphatic rings. The maximum absolute atomic E-state index is 12.8. The van der Waals surface area contributed by atoms with E-state index in [1.165, 1.54) is 49.5 Å². The lowest BCUT2D eigenvalue weighted by atomic mass is 10.2. The molecule has 2 rings (SSSR count). The molecule has 2 N–H and O–H groups in total. The van der Waals surface area contributed by atoms with E-state index in [1.807, 2.05) is 0 Å². The Bertz CT molecular complexity index is 807. The van der Waals surface area contributed by atoms with Gasteiger partial charge in [0.2, 0.25) is 10.0 Å². The van der Waals surface area contributed by atoms with Gasteiger partial charge in [0.05, 0.1) is 5.02 Å². The zero-order valence-corrected chi connectivity index (χ0v) is 13.0. The monoisotopic (exact) mass is 342 g/mol. The maximum atomic E-state index is 12.8. The molecule has 0 saturated heterocycles. The average Bonchev–Trinajstić information content (AvgIpc) is 2.49. The lowest BCUT2D eigenvalue weighted by Crippen LogP contribution is -2.20. The van der Waals surface area contributed by atoms with Crippen LogP contribution >= 0.6 is 11.6 Å². The second-order valence-corrected chi connectivity index (χ2v) is 6.58. The van der Waals surface area contributed by atoms with Gasteiger partial charge in [0.15, 0.2) is 0 Å². The van der Waals surface area contributed by atoms with Gasteiger partial charge in [-0.25, -0.2) is 17.5 Å². The molecule has 2 aromatic carbocycles. The summed E-state index contributed by atoms with van der Waals surface area (Å²) in [5, 5.41) is 2.54. The fourth-order valence-corrected chi connectivity index (χ4v) is 2.95. The van der Waals surface area contributed by atoms with Crippen molar-refractivity contribution in [1.82, 2.24) is 4.72 Å². The molecular weight excluding hydrogens is 331 g/mol. The molecular formula is C14H12ClFN2O3S. The van der Waals surface area contributed by atoms with Crippen LogP contribution in [0.25, 0.3) is 0 Å². The van der Waals surface area contributed by atoms with E-state index in [9.17, 15) is 17.6 Å². The van der Waals surface area contributed by atoms with Crippen LogP contribution in [0.3, 0.4) is 0 Å². The summed E-state index contributed by atoms with van der Waals surface area (Å²) in [5.41, 5.74) is 0.502. The summed E-state index contributed by atoms with van der Waals surface area (Å²) in [6.45, 7) is 0. The Hall–Kier alpha value is -1.96. The summed E-state index contributed by atoms with van der Waals surface area (Å²) in [7, 11) is -2.53. The number of nitrogens with one attached hydrogen (secondary N) is 2. The number of hydrogen-bond acceptors (Lipinski definition) is 3. The van der Waals surface area contributed by atoms with Crippen LogP contribution in [0, 0.1) is 5.82 Å². The summed E-state index contributed by atoms with van der Waals surface area (Å²) in [5.74, 6) is -0.956. The normalized spacial score (nSPS) is 11.2. The minimum atomic E-state index is -3.77. The molecule has 0 aliphatic heterocycles. The number of benzene rings is 2. The number of rotatable bonds is 4. The molecule has 0 fully saturated rings. The van der Waals surface area contributed by atoms with Crippen molar-refractivity contribution in [2.75, 3.05) is 12.4 Å². The van der Waals surface area contributed by atoms with Crippen LogP contribution in [0.2, 0.25) is 5.02 Å². The van der Waals surface area contributed by atoms with E-state index in [0.717, 1.165) is 0 Å². The number of halogens is 2. The molecule has 2 aromatic rings. The van der Waals surface area contributed by atoms with Crippen LogP contribution in [0.4, 0.5) is 10.1 Å². The third kappa shape index (κ3) is 3.62. The second kappa shape index (κ2) is 6.43. The third-order valence-electron chi connectivity index (χ3n) is 2.85. The lowest BCUT2D eigenvalue weighted by Gasteiger charge is -2.09. The molecule has 0 spiro atoms. The van der Waals surface area contributed by atoms with E-state index in [1.54, 1.807) is 0 Å². The molecule has 0 aliphatic carbocycles. The van der Waals surface area contributed by atoms with Gasteiger partial charge >= 0.3 is 0 Å². The minimum Gasteiger partial charge on any atom is -0.322 e. The highest BCUT2D eigenvalue weighted by molar-refractivity contribution is 7.89. The summed E-state index contributed by atoms with van der Waals surface area (Å²) < 4.78 is 38.6. The molecule has 0 unspecified atom stereocenters. The van der Waals surface area contributed by atoms with Gasteiger partial charge in [-0.05, 0) is 49.5 Å².